The van der Waals surface area contributed by atoms with Gasteiger partial charge in [0.05, 0.1) is 5.56 Å². The molecule has 0 radical (unpaired) electrons. The fourth-order valence-corrected chi connectivity index (χ4v) is 2.19. The van der Waals surface area contributed by atoms with Gasteiger partial charge in [-0.3, -0.25) is 14.8 Å². The minimum Gasteiger partial charge on any atom is -0.337 e. The molecule has 2 rings (SSSR count). The van der Waals surface area contributed by atoms with Crippen molar-refractivity contribution in [1.29, 1.82) is 0 Å². The zero-order chi connectivity index (χ0) is 16.7. The first kappa shape index (κ1) is 16.7. The molecule has 0 bridgehead atoms. The van der Waals surface area contributed by atoms with Gasteiger partial charge in [-0.2, -0.15) is 0 Å². The number of carbonyl (C=O) groups excluding carboxylic acids is 1. The van der Waals surface area contributed by atoms with E-state index in [1.165, 1.54) is 18.6 Å². The van der Waals surface area contributed by atoms with E-state index in [9.17, 15) is 14.4 Å². The number of nitrogens with one attached hydrogen (secondary N) is 2. The average molecular weight is 316 g/mol. The lowest BCUT2D eigenvalue weighted by Gasteiger charge is -2.08. The van der Waals surface area contributed by atoms with E-state index < -0.39 is 17.3 Å². The van der Waals surface area contributed by atoms with Gasteiger partial charge in [0.15, 0.2) is 0 Å². The fraction of sp³-hybridized carbons (Fsp3) is 0.375. The van der Waals surface area contributed by atoms with Crippen LogP contribution in [0.4, 0.5) is 4.79 Å². The predicted octanol–water partition coefficient (Wildman–Crippen LogP) is 1.74. The molecule has 122 valence electrons. The van der Waals surface area contributed by atoms with Gasteiger partial charge in [-0.25, -0.2) is 14.2 Å². The minimum absolute atomic E-state index is 0.244. The number of hydrogen-bond donors (Lipinski definition) is 2. The summed E-state index contributed by atoms with van der Waals surface area (Å²) in [5, 5.41) is 2.69. The number of rotatable bonds is 6. The molecule has 0 aliphatic rings. The number of aromatic nitrogens is 3. The van der Waals surface area contributed by atoms with Crippen molar-refractivity contribution < 1.29 is 4.79 Å². The summed E-state index contributed by atoms with van der Waals surface area (Å²) in [4.78, 5) is 41.9. The summed E-state index contributed by atoms with van der Waals surface area (Å²) < 4.78 is 0.886. The molecule has 2 aromatic heterocycles. The van der Waals surface area contributed by atoms with Gasteiger partial charge in [-0.05, 0) is 24.1 Å². The Kier molecular flexibility index (Phi) is 5.85. The van der Waals surface area contributed by atoms with Crippen LogP contribution < -0.4 is 16.6 Å². The van der Waals surface area contributed by atoms with Crippen LogP contribution in [-0.4, -0.2) is 27.1 Å². The van der Waals surface area contributed by atoms with Crippen molar-refractivity contribution in [3.63, 3.8) is 0 Å². The highest BCUT2D eigenvalue weighted by molar-refractivity contribution is 5.77. The molecule has 0 aromatic carbocycles. The van der Waals surface area contributed by atoms with Crippen LogP contribution in [0.1, 0.15) is 32.6 Å². The maximum absolute atomic E-state index is 12.1. The van der Waals surface area contributed by atoms with Gasteiger partial charge in [-0.15, -0.1) is 0 Å². The van der Waals surface area contributed by atoms with Crippen molar-refractivity contribution >= 4 is 6.03 Å². The van der Waals surface area contributed by atoms with Crippen LogP contribution in [0, 0.1) is 0 Å². The highest BCUT2D eigenvalue weighted by Gasteiger charge is 2.11. The molecule has 1 amide bonds. The van der Waals surface area contributed by atoms with Crippen LogP contribution in [0.3, 0.4) is 0 Å². The smallest absolute Gasteiger partial charge is 0.336 e. The third-order valence-corrected chi connectivity index (χ3v) is 3.46. The van der Waals surface area contributed by atoms with E-state index in [-0.39, 0.29) is 5.56 Å². The van der Waals surface area contributed by atoms with Crippen molar-refractivity contribution in [2.45, 2.75) is 32.6 Å². The van der Waals surface area contributed by atoms with Gasteiger partial charge >= 0.3 is 11.7 Å². The summed E-state index contributed by atoms with van der Waals surface area (Å²) in [6.45, 7) is 2.61. The third kappa shape index (κ3) is 4.38. The molecule has 0 atom stereocenters. The minimum atomic E-state index is -0.751. The number of carbonyl (C=O) groups is 1. The summed E-state index contributed by atoms with van der Waals surface area (Å²) in [5.41, 5.74) is -0.453. The lowest BCUT2D eigenvalue weighted by Crippen LogP contribution is -2.40. The van der Waals surface area contributed by atoms with Crippen LogP contribution in [0.25, 0.3) is 11.1 Å². The lowest BCUT2D eigenvalue weighted by molar-refractivity contribution is 0.241. The van der Waals surface area contributed by atoms with E-state index in [2.05, 4.69) is 22.2 Å². The molecule has 0 aliphatic heterocycles. The molecule has 23 heavy (non-hydrogen) atoms. The van der Waals surface area contributed by atoms with Crippen molar-refractivity contribution in [2.75, 3.05) is 6.54 Å². The Morgan fingerprint density at radius 2 is 1.96 bits per heavy atom. The van der Waals surface area contributed by atoms with E-state index in [4.69, 9.17) is 0 Å². The lowest BCUT2D eigenvalue weighted by atomic mass is 10.1. The summed E-state index contributed by atoms with van der Waals surface area (Å²) in [6, 6.07) is 2.74. The van der Waals surface area contributed by atoms with E-state index in [1.54, 1.807) is 12.1 Å². The molecular weight excluding hydrogens is 296 g/mol. The largest absolute Gasteiger partial charge is 0.337 e. The van der Waals surface area contributed by atoms with E-state index >= 15 is 0 Å². The second-order valence-electron chi connectivity index (χ2n) is 5.20. The molecule has 7 heteroatoms. The first-order valence-electron chi connectivity index (χ1n) is 7.68. The van der Waals surface area contributed by atoms with Gasteiger partial charge in [0.2, 0.25) is 0 Å². The first-order chi connectivity index (χ1) is 11.1. The first-order valence-corrected chi connectivity index (χ1v) is 7.68. The number of unbranched alkanes of at least 4 members (excludes halogenated alkanes) is 3. The highest BCUT2D eigenvalue weighted by atomic mass is 16.2. The van der Waals surface area contributed by atoms with Crippen LogP contribution in [0.2, 0.25) is 0 Å². The van der Waals surface area contributed by atoms with Crippen LogP contribution >= 0.6 is 0 Å². The molecule has 7 nitrogen and oxygen atoms in total. The van der Waals surface area contributed by atoms with Gasteiger partial charge in [-0.1, -0.05) is 26.2 Å². The van der Waals surface area contributed by atoms with Crippen molar-refractivity contribution in [2.24, 2.45) is 0 Å². The second-order valence-corrected chi connectivity index (χ2v) is 5.20. The van der Waals surface area contributed by atoms with Crippen LogP contribution in [0.15, 0.2) is 40.3 Å². The maximum atomic E-state index is 12.1. The van der Waals surface area contributed by atoms with Gasteiger partial charge in [0, 0.05) is 25.1 Å². The number of aromatic amines is 1. The zero-order valence-corrected chi connectivity index (χ0v) is 13.0. The Balaban J connectivity index is 2.18. The normalized spacial score (nSPS) is 10.5. The predicted molar refractivity (Wildman–Crippen MR) is 87.5 cm³/mol. The number of pyridine rings is 1. The number of H-pyrrole nitrogens is 1. The average Bonchev–Trinajstić information content (AvgIpc) is 2.55. The molecule has 0 saturated carbocycles. The van der Waals surface area contributed by atoms with E-state index in [0.29, 0.717) is 12.1 Å². The van der Waals surface area contributed by atoms with Crippen LogP contribution in [0.5, 0.6) is 0 Å². The van der Waals surface area contributed by atoms with Crippen molar-refractivity contribution in [3.05, 3.63) is 51.6 Å². The Morgan fingerprint density at radius 3 is 2.65 bits per heavy atom. The quantitative estimate of drug-likeness (QED) is 0.793. The van der Waals surface area contributed by atoms with Gasteiger partial charge < -0.3 is 5.32 Å². The molecule has 0 aliphatic carbocycles. The topological polar surface area (TPSA) is 96.8 Å². The van der Waals surface area contributed by atoms with E-state index in [1.807, 2.05) is 0 Å². The summed E-state index contributed by atoms with van der Waals surface area (Å²) in [6.07, 6.45) is 8.45. The van der Waals surface area contributed by atoms with Crippen molar-refractivity contribution in [3.8, 4) is 11.1 Å². The molecule has 0 saturated heterocycles. The summed E-state index contributed by atoms with van der Waals surface area (Å²) in [5.74, 6) is 0. The molecular formula is C16H20N4O3. The maximum Gasteiger partial charge on any atom is 0.336 e. The SMILES string of the molecule is CCCCCCNC(=O)n1cc(-c2ccncc2)c(=O)[nH]c1=O. The standard InChI is InChI=1S/C16H20N4O3/c1-2-3-4-5-8-18-15(22)20-11-13(14(21)19-16(20)23)12-6-9-17-10-7-12/h6-7,9-11H,2-5,8H2,1H3,(H,18,22)(H,19,21,23). The fourth-order valence-electron chi connectivity index (χ4n) is 2.19. The third-order valence-electron chi connectivity index (χ3n) is 3.46. The number of hydrogen-bond acceptors (Lipinski definition) is 4. The summed E-state index contributed by atoms with van der Waals surface area (Å²) in [7, 11) is 0. The van der Waals surface area contributed by atoms with Gasteiger partial charge in [0.25, 0.3) is 5.56 Å². The Hall–Kier alpha value is -2.70. The molecule has 0 fully saturated rings. The number of nitrogens with zero attached hydrogens (tertiary/aromatic N) is 2. The van der Waals surface area contributed by atoms with Crippen molar-refractivity contribution in [1.82, 2.24) is 19.9 Å². The zero-order valence-electron chi connectivity index (χ0n) is 13.0. The Bertz CT molecular complexity index is 765. The molecule has 2 heterocycles. The molecule has 2 N–H and O–H groups in total. The Labute approximate surface area is 133 Å². The molecule has 0 spiro atoms. The summed E-state index contributed by atoms with van der Waals surface area (Å²) >= 11 is 0. The Morgan fingerprint density at radius 1 is 1.22 bits per heavy atom. The van der Waals surface area contributed by atoms with Gasteiger partial charge in [0.1, 0.15) is 0 Å². The molecule has 0 unspecified atom stereocenters. The molecule has 2 aromatic rings. The highest BCUT2D eigenvalue weighted by Crippen LogP contribution is 2.11. The van der Waals surface area contributed by atoms with Crippen LogP contribution in [-0.2, 0) is 0 Å². The number of amides is 1. The second kappa shape index (κ2) is 8.07. The monoisotopic (exact) mass is 316 g/mol. The van der Waals surface area contributed by atoms with E-state index in [0.717, 1.165) is 30.3 Å².